The molecule has 0 aliphatic rings. The number of aromatic hydroxyl groups is 1. The van der Waals surface area contributed by atoms with Crippen molar-refractivity contribution in [2.45, 2.75) is 39.7 Å². The van der Waals surface area contributed by atoms with Crippen LogP contribution in [-0.4, -0.2) is 40.6 Å². The number of ketones is 1. The molecular formula is C20H28ClNO3S. The van der Waals surface area contributed by atoms with Gasteiger partial charge < -0.3 is 10.2 Å². The Labute approximate surface area is 165 Å². The van der Waals surface area contributed by atoms with E-state index in [0.717, 1.165) is 12.1 Å². The van der Waals surface area contributed by atoms with Crippen molar-refractivity contribution in [1.82, 2.24) is 4.90 Å². The number of nitrogens with zero attached hydrogens (tertiary/aromatic N) is 1. The van der Waals surface area contributed by atoms with E-state index in [1.807, 2.05) is 45.0 Å². The predicted molar refractivity (Wildman–Crippen MR) is 110 cm³/mol. The number of aliphatic hydroxyl groups excluding tert-OH is 1. The third-order valence-corrected chi connectivity index (χ3v) is 5.15. The number of likely N-dealkylation sites (N-methyl/N-ethyl adjacent to an activating group) is 1. The van der Waals surface area contributed by atoms with E-state index in [-0.39, 0.29) is 36.0 Å². The summed E-state index contributed by atoms with van der Waals surface area (Å²) in [5.74, 6) is 0.138. The summed E-state index contributed by atoms with van der Waals surface area (Å²) in [6, 6.07) is 7.61. The Hall–Kier alpha value is -1.40. The lowest BCUT2D eigenvalue weighted by molar-refractivity contribution is 0.104. The molecule has 0 saturated heterocycles. The number of carbonyl (C=O) groups is 1. The van der Waals surface area contributed by atoms with Crippen LogP contribution in [0.3, 0.4) is 0 Å². The second kappa shape index (κ2) is 9.51. The molecule has 0 atom stereocenters. The number of benzene rings is 1. The van der Waals surface area contributed by atoms with Crippen molar-refractivity contribution in [3.63, 3.8) is 0 Å². The molecule has 0 aliphatic heterocycles. The van der Waals surface area contributed by atoms with E-state index in [1.165, 1.54) is 11.3 Å². The summed E-state index contributed by atoms with van der Waals surface area (Å²) in [7, 11) is 0. The highest BCUT2D eigenvalue weighted by Crippen LogP contribution is 2.39. The number of carbonyl (C=O) groups excluding carboxylic acids is 1. The topological polar surface area (TPSA) is 60.8 Å². The number of hydrogen-bond acceptors (Lipinski definition) is 5. The van der Waals surface area contributed by atoms with Crippen LogP contribution >= 0.6 is 23.7 Å². The SMILES string of the molecule is CCN(CCO)Cc1cccc(C(=O)c2scc(O)c2C(C)(C)C)c1.Cl. The van der Waals surface area contributed by atoms with Crippen molar-refractivity contribution in [2.24, 2.45) is 0 Å². The van der Waals surface area contributed by atoms with Gasteiger partial charge in [-0.1, -0.05) is 45.9 Å². The summed E-state index contributed by atoms with van der Waals surface area (Å²) in [6.07, 6.45) is 0. The Morgan fingerprint density at radius 3 is 2.54 bits per heavy atom. The van der Waals surface area contributed by atoms with Gasteiger partial charge in [-0.05, 0) is 23.6 Å². The van der Waals surface area contributed by atoms with Gasteiger partial charge in [-0.15, -0.1) is 23.7 Å². The van der Waals surface area contributed by atoms with Crippen LogP contribution in [0.4, 0.5) is 0 Å². The summed E-state index contributed by atoms with van der Waals surface area (Å²) in [5.41, 5.74) is 2.08. The first-order valence-electron chi connectivity index (χ1n) is 8.55. The van der Waals surface area contributed by atoms with E-state index in [2.05, 4.69) is 11.8 Å². The molecule has 0 saturated carbocycles. The van der Waals surface area contributed by atoms with Gasteiger partial charge in [-0.3, -0.25) is 9.69 Å². The lowest BCUT2D eigenvalue weighted by Crippen LogP contribution is -2.26. The largest absolute Gasteiger partial charge is 0.507 e. The van der Waals surface area contributed by atoms with Crippen molar-refractivity contribution in [2.75, 3.05) is 19.7 Å². The average Bonchev–Trinajstić information content (AvgIpc) is 2.96. The van der Waals surface area contributed by atoms with Crippen LogP contribution < -0.4 is 0 Å². The first-order valence-corrected chi connectivity index (χ1v) is 9.43. The van der Waals surface area contributed by atoms with Crippen LogP contribution in [0.25, 0.3) is 0 Å². The molecule has 0 spiro atoms. The number of aliphatic hydroxyl groups is 1. The minimum Gasteiger partial charge on any atom is -0.507 e. The van der Waals surface area contributed by atoms with Gasteiger partial charge in [0.05, 0.1) is 11.5 Å². The van der Waals surface area contributed by atoms with Gasteiger partial charge in [0.25, 0.3) is 0 Å². The Morgan fingerprint density at radius 1 is 1.27 bits per heavy atom. The number of halogens is 1. The standard InChI is InChI=1S/C20H27NO3S.ClH/c1-5-21(9-10-22)12-14-7-6-8-15(11-14)18(24)19-17(20(2,3)4)16(23)13-25-19;/h6-8,11,13,22-23H,5,9-10,12H2,1-4H3;1H. The molecule has 0 radical (unpaired) electrons. The maximum Gasteiger partial charge on any atom is 0.203 e. The lowest BCUT2D eigenvalue weighted by Gasteiger charge is -2.20. The first-order chi connectivity index (χ1) is 11.8. The Bertz CT molecular complexity index is 737. The summed E-state index contributed by atoms with van der Waals surface area (Å²) in [6.45, 7) is 10.3. The second-order valence-corrected chi connectivity index (χ2v) is 8.08. The number of thiophene rings is 1. The van der Waals surface area contributed by atoms with Crippen molar-refractivity contribution in [3.05, 3.63) is 51.2 Å². The van der Waals surface area contributed by atoms with Gasteiger partial charge in [0.15, 0.2) is 0 Å². The molecule has 0 amide bonds. The van der Waals surface area contributed by atoms with Crippen LogP contribution in [0, 0.1) is 0 Å². The zero-order valence-corrected chi connectivity index (χ0v) is 17.4. The average molecular weight is 398 g/mol. The third kappa shape index (κ3) is 5.30. The van der Waals surface area contributed by atoms with E-state index in [0.29, 0.717) is 29.1 Å². The third-order valence-electron chi connectivity index (χ3n) is 4.19. The molecule has 2 N–H and O–H groups in total. The maximum atomic E-state index is 13.0. The number of rotatable bonds is 7. The van der Waals surface area contributed by atoms with Crippen LogP contribution in [0.2, 0.25) is 0 Å². The zero-order valence-electron chi connectivity index (χ0n) is 15.8. The quantitative estimate of drug-likeness (QED) is 0.687. The molecule has 0 bridgehead atoms. The molecule has 144 valence electrons. The van der Waals surface area contributed by atoms with E-state index in [9.17, 15) is 9.90 Å². The molecule has 1 aromatic carbocycles. The van der Waals surface area contributed by atoms with Crippen LogP contribution in [0.15, 0.2) is 29.6 Å². The van der Waals surface area contributed by atoms with Crippen molar-refractivity contribution in [3.8, 4) is 5.75 Å². The highest BCUT2D eigenvalue weighted by molar-refractivity contribution is 7.12. The molecule has 0 unspecified atom stereocenters. The summed E-state index contributed by atoms with van der Waals surface area (Å²) < 4.78 is 0. The van der Waals surface area contributed by atoms with Gasteiger partial charge in [0.1, 0.15) is 5.75 Å². The normalized spacial score (nSPS) is 11.5. The Balaban J connectivity index is 0.00000338. The molecule has 1 aromatic heterocycles. The van der Waals surface area contributed by atoms with Crippen LogP contribution in [-0.2, 0) is 12.0 Å². The monoisotopic (exact) mass is 397 g/mol. The van der Waals surface area contributed by atoms with Crippen molar-refractivity contribution >= 4 is 29.5 Å². The van der Waals surface area contributed by atoms with E-state index in [1.54, 1.807) is 5.38 Å². The van der Waals surface area contributed by atoms with Gasteiger partial charge in [0.2, 0.25) is 5.78 Å². The highest BCUT2D eigenvalue weighted by atomic mass is 35.5. The van der Waals surface area contributed by atoms with Gasteiger partial charge in [0, 0.05) is 29.6 Å². The molecule has 2 rings (SSSR count). The smallest absolute Gasteiger partial charge is 0.203 e. The molecule has 4 nitrogen and oxygen atoms in total. The van der Waals surface area contributed by atoms with Crippen LogP contribution in [0.5, 0.6) is 5.75 Å². The summed E-state index contributed by atoms with van der Waals surface area (Å²) >= 11 is 1.30. The van der Waals surface area contributed by atoms with E-state index >= 15 is 0 Å². The molecular weight excluding hydrogens is 370 g/mol. The maximum absolute atomic E-state index is 13.0. The highest BCUT2D eigenvalue weighted by Gasteiger charge is 2.28. The number of hydrogen-bond donors (Lipinski definition) is 2. The van der Waals surface area contributed by atoms with Gasteiger partial charge in [-0.2, -0.15) is 0 Å². The Morgan fingerprint density at radius 2 is 1.96 bits per heavy atom. The minimum atomic E-state index is -0.299. The molecule has 1 heterocycles. The predicted octanol–water partition coefficient (Wildman–Crippen LogP) is 4.22. The first kappa shape index (κ1) is 22.6. The fraction of sp³-hybridized carbons (Fsp3) is 0.450. The molecule has 6 heteroatoms. The fourth-order valence-corrected chi connectivity index (χ4v) is 4.03. The molecule has 0 aliphatic carbocycles. The van der Waals surface area contributed by atoms with Crippen molar-refractivity contribution < 1.29 is 15.0 Å². The molecule has 26 heavy (non-hydrogen) atoms. The molecule has 2 aromatic rings. The summed E-state index contributed by atoms with van der Waals surface area (Å²) in [5, 5.41) is 20.9. The molecule has 0 fully saturated rings. The minimum absolute atomic E-state index is 0. The fourth-order valence-electron chi connectivity index (χ4n) is 2.93. The second-order valence-electron chi connectivity index (χ2n) is 7.20. The van der Waals surface area contributed by atoms with E-state index < -0.39 is 0 Å². The van der Waals surface area contributed by atoms with Gasteiger partial charge in [-0.25, -0.2) is 0 Å². The lowest BCUT2D eigenvalue weighted by atomic mass is 9.85. The Kier molecular flexibility index (Phi) is 8.28. The van der Waals surface area contributed by atoms with Crippen LogP contribution in [0.1, 0.15) is 54.1 Å². The van der Waals surface area contributed by atoms with Gasteiger partial charge >= 0.3 is 0 Å². The zero-order chi connectivity index (χ0) is 18.6. The van der Waals surface area contributed by atoms with Crippen molar-refractivity contribution in [1.29, 1.82) is 0 Å². The van der Waals surface area contributed by atoms with E-state index in [4.69, 9.17) is 5.11 Å². The summed E-state index contributed by atoms with van der Waals surface area (Å²) in [4.78, 5) is 15.7.